The second kappa shape index (κ2) is 11.2. The summed E-state index contributed by atoms with van der Waals surface area (Å²) in [6.45, 7) is 3.31. The summed E-state index contributed by atoms with van der Waals surface area (Å²) in [5.41, 5.74) is 1.45. The molecule has 0 fully saturated rings. The van der Waals surface area contributed by atoms with E-state index in [-0.39, 0.29) is 24.4 Å². The third-order valence-electron chi connectivity index (χ3n) is 5.57. The van der Waals surface area contributed by atoms with E-state index in [0.717, 1.165) is 5.56 Å². The highest BCUT2D eigenvalue weighted by molar-refractivity contribution is 5.94. The Morgan fingerprint density at radius 3 is 2.39 bits per heavy atom. The molecule has 0 saturated heterocycles. The standard InChI is InChI=1S/C26H27N3O7/c1-15-4-6-17(7-5-15)20(13-23(32)33)27-26(35)28-24-21(31)10-11-29(25(24)34)14-19-12-18(16(2)30)8-9-22(19)36-3/h4-12,20,31H,13-14H2,1-3H3,(H,32,33)(H2,27,28,35)/t20-/m0/s1. The van der Waals surface area contributed by atoms with Gasteiger partial charge in [0.2, 0.25) is 0 Å². The van der Waals surface area contributed by atoms with Crippen LogP contribution in [-0.4, -0.2) is 39.7 Å². The van der Waals surface area contributed by atoms with E-state index in [1.165, 1.54) is 30.9 Å². The van der Waals surface area contributed by atoms with E-state index in [9.17, 15) is 29.4 Å². The number of aliphatic carboxylic acids is 1. The SMILES string of the molecule is COc1ccc(C(C)=O)cc1Cn1ccc(O)c(NC(=O)N[C@@H](CC(=O)O)c2ccc(C)cc2)c1=O. The minimum Gasteiger partial charge on any atom is -0.505 e. The first-order chi connectivity index (χ1) is 17.1. The van der Waals surface area contributed by atoms with Crippen molar-refractivity contribution in [3.63, 3.8) is 0 Å². The highest BCUT2D eigenvalue weighted by Gasteiger charge is 2.20. The van der Waals surface area contributed by atoms with Crippen molar-refractivity contribution >= 4 is 23.5 Å². The zero-order valence-corrected chi connectivity index (χ0v) is 20.1. The number of nitrogens with one attached hydrogen (secondary N) is 2. The van der Waals surface area contributed by atoms with Gasteiger partial charge in [0, 0.05) is 17.3 Å². The third-order valence-corrected chi connectivity index (χ3v) is 5.57. The van der Waals surface area contributed by atoms with Crippen LogP contribution in [0.1, 0.15) is 46.4 Å². The van der Waals surface area contributed by atoms with E-state index in [0.29, 0.717) is 22.4 Å². The number of carbonyl (C=O) groups excluding carboxylic acids is 2. The maximum absolute atomic E-state index is 13.1. The van der Waals surface area contributed by atoms with Gasteiger partial charge in [-0.05, 0) is 43.7 Å². The van der Waals surface area contributed by atoms with E-state index in [4.69, 9.17) is 4.74 Å². The Balaban J connectivity index is 1.86. The van der Waals surface area contributed by atoms with Crippen molar-refractivity contribution < 1.29 is 29.3 Å². The average molecular weight is 494 g/mol. The van der Waals surface area contributed by atoms with Gasteiger partial charge < -0.3 is 30.2 Å². The van der Waals surface area contributed by atoms with Crippen LogP contribution in [0.5, 0.6) is 11.5 Å². The number of urea groups is 1. The molecule has 10 heteroatoms. The second-order valence-corrected chi connectivity index (χ2v) is 8.25. The summed E-state index contributed by atoms with van der Waals surface area (Å²) >= 11 is 0. The first kappa shape index (κ1) is 26.0. The summed E-state index contributed by atoms with van der Waals surface area (Å²) in [6, 6.07) is 11.4. The fraction of sp³-hybridized carbons (Fsp3) is 0.231. The fourth-order valence-electron chi connectivity index (χ4n) is 3.64. The summed E-state index contributed by atoms with van der Waals surface area (Å²) < 4.78 is 6.57. The highest BCUT2D eigenvalue weighted by atomic mass is 16.5. The predicted octanol–water partition coefficient (Wildman–Crippen LogP) is 3.46. The minimum atomic E-state index is -1.12. The third kappa shape index (κ3) is 6.29. The van der Waals surface area contributed by atoms with E-state index in [2.05, 4.69) is 10.6 Å². The van der Waals surface area contributed by atoms with Gasteiger partial charge in [-0.2, -0.15) is 0 Å². The number of hydrogen-bond donors (Lipinski definition) is 4. The lowest BCUT2D eigenvalue weighted by atomic mass is 10.0. The zero-order valence-electron chi connectivity index (χ0n) is 20.1. The van der Waals surface area contributed by atoms with Crippen LogP contribution in [0.25, 0.3) is 0 Å². The van der Waals surface area contributed by atoms with Gasteiger partial charge in [0.15, 0.2) is 11.5 Å². The molecule has 2 aromatic carbocycles. The molecule has 0 saturated carbocycles. The number of anilines is 1. The number of aryl methyl sites for hydroxylation is 1. The summed E-state index contributed by atoms with van der Waals surface area (Å²) in [4.78, 5) is 48.9. The molecular formula is C26H27N3O7. The topological polar surface area (TPSA) is 147 Å². The van der Waals surface area contributed by atoms with Crippen LogP contribution in [0.3, 0.4) is 0 Å². The molecule has 36 heavy (non-hydrogen) atoms. The normalized spacial score (nSPS) is 11.4. The number of Topliss-reactive ketones (excluding diaryl/α,β-unsaturated/α-hetero) is 1. The van der Waals surface area contributed by atoms with Crippen molar-refractivity contribution in [2.45, 2.75) is 32.9 Å². The zero-order chi connectivity index (χ0) is 26.4. The molecule has 3 rings (SSSR count). The second-order valence-electron chi connectivity index (χ2n) is 8.25. The fourth-order valence-corrected chi connectivity index (χ4v) is 3.64. The number of carboxylic acids is 1. The van der Waals surface area contributed by atoms with Crippen LogP contribution in [-0.2, 0) is 11.3 Å². The lowest BCUT2D eigenvalue weighted by Gasteiger charge is -2.19. The number of ketones is 1. The molecule has 1 heterocycles. The predicted molar refractivity (Wildman–Crippen MR) is 133 cm³/mol. The molecule has 0 radical (unpaired) electrons. The molecular weight excluding hydrogens is 466 g/mol. The van der Waals surface area contributed by atoms with Crippen molar-refractivity contribution in [1.29, 1.82) is 0 Å². The first-order valence-electron chi connectivity index (χ1n) is 11.0. The molecule has 10 nitrogen and oxygen atoms in total. The van der Waals surface area contributed by atoms with Crippen LogP contribution in [0, 0.1) is 6.92 Å². The number of amides is 2. The smallest absolute Gasteiger partial charge is 0.319 e. The van der Waals surface area contributed by atoms with Gasteiger partial charge in [0.25, 0.3) is 5.56 Å². The maximum atomic E-state index is 13.1. The number of hydrogen-bond acceptors (Lipinski definition) is 6. The number of nitrogens with zero attached hydrogens (tertiary/aromatic N) is 1. The molecule has 0 spiro atoms. The average Bonchev–Trinajstić information content (AvgIpc) is 2.83. The summed E-state index contributed by atoms with van der Waals surface area (Å²) in [5.74, 6) is -1.27. The number of rotatable bonds is 9. The van der Waals surface area contributed by atoms with Gasteiger partial charge in [-0.25, -0.2) is 4.79 Å². The van der Waals surface area contributed by atoms with Crippen molar-refractivity contribution in [3.05, 3.63) is 87.3 Å². The van der Waals surface area contributed by atoms with Gasteiger partial charge in [0.05, 0.1) is 26.1 Å². The number of pyridine rings is 1. The van der Waals surface area contributed by atoms with E-state index >= 15 is 0 Å². The van der Waals surface area contributed by atoms with E-state index < -0.39 is 29.4 Å². The summed E-state index contributed by atoms with van der Waals surface area (Å²) in [7, 11) is 1.46. The number of methoxy groups -OCH3 is 1. The number of ether oxygens (including phenoxy) is 1. The molecule has 0 unspecified atom stereocenters. The van der Waals surface area contributed by atoms with Crippen molar-refractivity contribution in [1.82, 2.24) is 9.88 Å². The molecule has 0 aliphatic rings. The van der Waals surface area contributed by atoms with Gasteiger partial charge >= 0.3 is 12.0 Å². The Labute approximate surface area is 207 Å². The largest absolute Gasteiger partial charge is 0.505 e. The van der Waals surface area contributed by atoms with Gasteiger partial charge in [-0.15, -0.1) is 0 Å². The summed E-state index contributed by atoms with van der Waals surface area (Å²) in [6.07, 6.45) is 0.966. The van der Waals surface area contributed by atoms with Crippen LogP contribution < -0.4 is 20.9 Å². The Hall–Kier alpha value is -4.60. The number of aromatic nitrogens is 1. The monoisotopic (exact) mass is 493 g/mol. The molecule has 3 aromatic rings. The quantitative estimate of drug-likeness (QED) is 0.334. The number of benzene rings is 2. The van der Waals surface area contributed by atoms with Gasteiger partial charge in [-0.1, -0.05) is 29.8 Å². The summed E-state index contributed by atoms with van der Waals surface area (Å²) in [5, 5.41) is 24.4. The minimum absolute atomic E-state index is 0.00467. The maximum Gasteiger partial charge on any atom is 0.319 e. The molecule has 1 atom stereocenters. The van der Waals surface area contributed by atoms with E-state index in [1.807, 2.05) is 6.92 Å². The number of aromatic hydroxyl groups is 1. The Morgan fingerprint density at radius 2 is 1.78 bits per heavy atom. The molecule has 2 amide bonds. The molecule has 0 aliphatic carbocycles. The van der Waals surface area contributed by atoms with Crippen LogP contribution in [0.15, 0.2) is 59.5 Å². The first-order valence-corrected chi connectivity index (χ1v) is 11.0. The molecule has 0 aliphatic heterocycles. The van der Waals surface area contributed by atoms with E-state index in [1.54, 1.807) is 42.5 Å². The van der Waals surface area contributed by atoms with Crippen LogP contribution >= 0.6 is 0 Å². The highest BCUT2D eigenvalue weighted by Crippen LogP contribution is 2.23. The van der Waals surface area contributed by atoms with Gasteiger partial charge in [-0.3, -0.25) is 14.4 Å². The number of carboxylic acid groups (broad SMARTS) is 1. The lowest BCUT2D eigenvalue weighted by molar-refractivity contribution is -0.137. The molecule has 4 N–H and O–H groups in total. The Morgan fingerprint density at radius 1 is 1.08 bits per heavy atom. The van der Waals surface area contributed by atoms with Crippen molar-refractivity contribution in [3.8, 4) is 11.5 Å². The number of carbonyl (C=O) groups is 3. The van der Waals surface area contributed by atoms with Crippen molar-refractivity contribution in [2.75, 3.05) is 12.4 Å². The molecule has 1 aromatic heterocycles. The van der Waals surface area contributed by atoms with Crippen molar-refractivity contribution in [2.24, 2.45) is 0 Å². The molecule has 188 valence electrons. The molecule has 0 bridgehead atoms. The lowest BCUT2D eigenvalue weighted by Crippen LogP contribution is -2.36. The Bertz CT molecular complexity index is 1350. The van der Waals surface area contributed by atoms with Crippen LogP contribution in [0.4, 0.5) is 10.5 Å². The van der Waals surface area contributed by atoms with Crippen LogP contribution in [0.2, 0.25) is 0 Å². The Kier molecular flexibility index (Phi) is 8.11. The van der Waals surface area contributed by atoms with Gasteiger partial charge in [0.1, 0.15) is 11.5 Å².